The highest BCUT2D eigenvalue weighted by Crippen LogP contribution is 2.14. The molecule has 14 heavy (non-hydrogen) atoms. The maximum Gasteiger partial charge on any atom is 0.145 e. The summed E-state index contributed by atoms with van der Waals surface area (Å²) in [4.78, 5) is 11.1. The van der Waals surface area contributed by atoms with E-state index in [-0.39, 0.29) is 16.8 Å². The van der Waals surface area contributed by atoms with Gasteiger partial charge in [0.05, 0.1) is 5.75 Å². The lowest BCUT2D eigenvalue weighted by atomic mass is 10.1. The Hall–Kier alpha value is -0.440. The van der Waals surface area contributed by atoms with Gasteiger partial charge in [0.15, 0.2) is 0 Å². The van der Waals surface area contributed by atoms with Crippen molar-refractivity contribution in [2.45, 2.75) is 38.9 Å². The molecule has 0 aliphatic rings. The molecule has 0 saturated carbocycles. The maximum absolute atomic E-state index is 11.7. The Balaban J connectivity index is 4.10. The standard InChI is InChI=1S/C11H20O2S/c1-5-7-9(3)10(4)14(13)8-11(12)6-2/h5,9-10H,1,6-8H2,2-4H3/t9-,10+,14-/m0/s1. The highest BCUT2D eigenvalue weighted by molar-refractivity contribution is 7.86. The van der Waals surface area contributed by atoms with E-state index in [0.717, 1.165) is 6.42 Å². The zero-order valence-electron chi connectivity index (χ0n) is 9.29. The van der Waals surface area contributed by atoms with E-state index in [1.807, 2.05) is 19.9 Å². The molecule has 0 amide bonds. The quantitative estimate of drug-likeness (QED) is 0.612. The van der Waals surface area contributed by atoms with Crippen LogP contribution in [-0.4, -0.2) is 21.0 Å². The van der Waals surface area contributed by atoms with Crippen LogP contribution in [0.5, 0.6) is 0 Å². The summed E-state index contributed by atoms with van der Waals surface area (Å²) in [5, 5.41) is 0.0727. The smallest absolute Gasteiger partial charge is 0.145 e. The van der Waals surface area contributed by atoms with E-state index in [4.69, 9.17) is 0 Å². The Morgan fingerprint density at radius 3 is 2.50 bits per heavy atom. The number of ketones is 1. The Labute approximate surface area is 89.2 Å². The summed E-state index contributed by atoms with van der Waals surface area (Å²) >= 11 is 0. The summed E-state index contributed by atoms with van der Waals surface area (Å²) in [6.07, 6.45) is 3.17. The minimum atomic E-state index is -1.02. The molecule has 0 spiro atoms. The number of hydrogen-bond acceptors (Lipinski definition) is 2. The van der Waals surface area contributed by atoms with Crippen LogP contribution in [0.1, 0.15) is 33.6 Å². The van der Waals surface area contributed by atoms with Crippen molar-refractivity contribution in [2.24, 2.45) is 5.92 Å². The molecule has 0 aromatic heterocycles. The largest absolute Gasteiger partial charge is 0.299 e. The summed E-state index contributed by atoms with van der Waals surface area (Å²) < 4.78 is 11.7. The molecule has 0 aliphatic heterocycles. The molecule has 0 rings (SSSR count). The molecule has 0 radical (unpaired) electrons. The van der Waals surface area contributed by atoms with Crippen LogP contribution in [0.15, 0.2) is 12.7 Å². The molecule has 0 aromatic carbocycles. The second-order valence-corrected chi connectivity index (χ2v) is 5.42. The normalized spacial score (nSPS) is 17.1. The lowest BCUT2D eigenvalue weighted by Crippen LogP contribution is -2.24. The van der Waals surface area contributed by atoms with Gasteiger partial charge in [0.1, 0.15) is 5.78 Å². The van der Waals surface area contributed by atoms with Gasteiger partial charge in [0, 0.05) is 22.5 Å². The number of hydrogen-bond donors (Lipinski definition) is 0. The van der Waals surface area contributed by atoms with Gasteiger partial charge in [-0.15, -0.1) is 6.58 Å². The zero-order valence-corrected chi connectivity index (χ0v) is 10.1. The molecule has 3 heteroatoms. The molecule has 0 saturated heterocycles. The van der Waals surface area contributed by atoms with Crippen LogP contribution in [0.2, 0.25) is 0 Å². The first-order valence-corrected chi connectivity index (χ1v) is 6.40. The molecular weight excluding hydrogens is 196 g/mol. The summed E-state index contributed by atoms with van der Waals surface area (Å²) in [6.45, 7) is 9.44. The van der Waals surface area contributed by atoms with E-state index >= 15 is 0 Å². The molecule has 82 valence electrons. The molecule has 3 atom stereocenters. The predicted octanol–water partition coefficient (Wildman–Crippen LogP) is 2.31. The van der Waals surface area contributed by atoms with Gasteiger partial charge in [-0.3, -0.25) is 9.00 Å². The van der Waals surface area contributed by atoms with Crippen molar-refractivity contribution < 1.29 is 9.00 Å². The summed E-state index contributed by atoms with van der Waals surface area (Å²) in [5.74, 6) is 0.623. The zero-order chi connectivity index (χ0) is 11.1. The lowest BCUT2D eigenvalue weighted by molar-refractivity contribution is -0.116. The first kappa shape index (κ1) is 13.6. The number of carbonyl (C=O) groups excluding carboxylic acids is 1. The first-order valence-electron chi connectivity index (χ1n) is 5.02. The van der Waals surface area contributed by atoms with Gasteiger partial charge >= 0.3 is 0 Å². The number of Topliss-reactive ketones (excluding diaryl/α,β-unsaturated/α-hetero) is 1. The van der Waals surface area contributed by atoms with Crippen LogP contribution in [0.4, 0.5) is 0 Å². The fourth-order valence-corrected chi connectivity index (χ4v) is 2.52. The average Bonchev–Trinajstić information content (AvgIpc) is 2.16. The van der Waals surface area contributed by atoms with Crippen molar-refractivity contribution in [3.8, 4) is 0 Å². The van der Waals surface area contributed by atoms with Crippen LogP contribution < -0.4 is 0 Å². The maximum atomic E-state index is 11.7. The van der Waals surface area contributed by atoms with Crippen LogP contribution in [0.25, 0.3) is 0 Å². The average molecular weight is 216 g/mol. The summed E-state index contributed by atoms with van der Waals surface area (Å²) in [6, 6.07) is 0. The van der Waals surface area contributed by atoms with E-state index in [9.17, 15) is 9.00 Å². The van der Waals surface area contributed by atoms with E-state index in [2.05, 4.69) is 6.58 Å². The van der Waals surface area contributed by atoms with Gasteiger partial charge in [0.25, 0.3) is 0 Å². The van der Waals surface area contributed by atoms with Crippen molar-refractivity contribution in [3.05, 3.63) is 12.7 Å². The van der Waals surface area contributed by atoms with E-state index in [1.54, 1.807) is 6.92 Å². The van der Waals surface area contributed by atoms with Crippen molar-refractivity contribution in [3.63, 3.8) is 0 Å². The third kappa shape index (κ3) is 4.70. The Bertz CT molecular complexity index is 223. The van der Waals surface area contributed by atoms with Crippen molar-refractivity contribution in [1.29, 1.82) is 0 Å². The van der Waals surface area contributed by atoms with Gasteiger partial charge in [-0.1, -0.05) is 26.8 Å². The summed E-state index contributed by atoms with van der Waals surface area (Å²) in [7, 11) is -1.02. The minimum absolute atomic E-state index is 0.0727. The number of carbonyl (C=O) groups is 1. The number of rotatable bonds is 7. The van der Waals surface area contributed by atoms with Crippen molar-refractivity contribution >= 4 is 16.6 Å². The molecule has 0 aromatic rings. The Morgan fingerprint density at radius 1 is 1.50 bits per heavy atom. The molecule has 0 bridgehead atoms. The van der Waals surface area contributed by atoms with Gasteiger partial charge in [0.2, 0.25) is 0 Å². The highest BCUT2D eigenvalue weighted by Gasteiger charge is 2.19. The van der Waals surface area contributed by atoms with Gasteiger partial charge < -0.3 is 0 Å². The first-order chi connectivity index (χ1) is 6.52. The second-order valence-electron chi connectivity index (χ2n) is 3.62. The van der Waals surface area contributed by atoms with Crippen molar-refractivity contribution in [2.75, 3.05) is 5.75 Å². The van der Waals surface area contributed by atoms with E-state index in [0.29, 0.717) is 12.3 Å². The minimum Gasteiger partial charge on any atom is -0.299 e. The van der Waals surface area contributed by atoms with Crippen LogP contribution >= 0.6 is 0 Å². The van der Waals surface area contributed by atoms with E-state index in [1.165, 1.54) is 0 Å². The van der Waals surface area contributed by atoms with Crippen LogP contribution in [-0.2, 0) is 15.6 Å². The van der Waals surface area contributed by atoms with Gasteiger partial charge in [-0.25, -0.2) is 0 Å². The fraction of sp³-hybridized carbons (Fsp3) is 0.727. The molecule has 0 heterocycles. The highest BCUT2D eigenvalue weighted by atomic mass is 32.2. The predicted molar refractivity (Wildman–Crippen MR) is 61.7 cm³/mol. The molecule has 0 unspecified atom stereocenters. The third-order valence-electron chi connectivity index (χ3n) is 2.45. The molecule has 0 aliphatic carbocycles. The summed E-state index contributed by atoms with van der Waals surface area (Å²) in [5.41, 5.74) is 0. The SMILES string of the molecule is C=CC[C@H](C)[C@@H](C)[S@@](=O)CC(=O)CC. The van der Waals surface area contributed by atoms with Gasteiger partial charge in [-0.2, -0.15) is 0 Å². The Kier molecular flexibility index (Phi) is 6.71. The fourth-order valence-electron chi connectivity index (χ4n) is 1.11. The topological polar surface area (TPSA) is 34.1 Å². The van der Waals surface area contributed by atoms with Crippen molar-refractivity contribution in [1.82, 2.24) is 0 Å². The molecule has 0 N–H and O–H groups in total. The third-order valence-corrected chi connectivity index (χ3v) is 4.35. The molecule has 2 nitrogen and oxygen atoms in total. The molecule has 0 fully saturated rings. The van der Waals surface area contributed by atoms with Gasteiger partial charge in [-0.05, 0) is 12.3 Å². The Morgan fingerprint density at radius 2 is 2.07 bits per heavy atom. The lowest BCUT2D eigenvalue weighted by Gasteiger charge is -2.17. The second kappa shape index (κ2) is 6.93. The number of allylic oxidation sites excluding steroid dienone is 1. The molecular formula is C11H20O2S. The van der Waals surface area contributed by atoms with Crippen LogP contribution in [0, 0.1) is 5.92 Å². The monoisotopic (exact) mass is 216 g/mol. The van der Waals surface area contributed by atoms with Crippen LogP contribution in [0.3, 0.4) is 0 Å². The van der Waals surface area contributed by atoms with E-state index < -0.39 is 10.8 Å².